The fraction of sp³-hybridized carbons (Fsp3) is 0.318. The van der Waals surface area contributed by atoms with Crippen molar-refractivity contribution >= 4 is 17.7 Å². The van der Waals surface area contributed by atoms with Crippen LogP contribution < -0.4 is 14.8 Å². The topological polar surface area (TPSA) is 47.6 Å². The third-order valence-electron chi connectivity index (χ3n) is 3.91. The second kappa shape index (κ2) is 11.0. The van der Waals surface area contributed by atoms with E-state index in [1.54, 1.807) is 13.2 Å². The Morgan fingerprint density at radius 3 is 2.58 bits per heavy atom. The zero-order valence-corrected chi connectivity index (χ0v) is 15.5. The van der Waals surface area contributed by atoms with Crippen LogP contribution in [0, 0.1) is 0 Å². The van der Waals surface area contributed by atoms with Gasteiger partial charge in [-0.05, 0) is 42.3 Å². The minimum Gasteiger partial charge on any atom is -0.493 e. The SMILES string of the molecule is CCCCCCOc1ccc(/C=C/C(=O)Nc2ccccc2)cc1OC. The van der Waals surface area contributed by atoms with Crippen LogP contribution in [0.15, 0.2) is 54.6 Å². The minimum absolute atomic E-state index is 0.175. The molecule has 0 aliphatic rings. The van der Waals surface area contributed by atoms with Gasteiger partial charge < -0.3 is 14.8 Å². The van der Waals surface area contributed by atoms with Crippen LogP contribution in [0.5, 0.6) is 11.5 Å². The van der Waals surface area contributed by atoms with Gasteiger partial charge in [-0.2, -0.15) is 0 Å². The van der Waals surface area contributed by atoms with E-state index in [0.717, 1.165) is 23.4 Å². The normalized spacial score (nSPS) is 10.7. The molecule has 0 atom stereocenters. The minimum atomic E-state index is -0.175. The van der Waals surface area contributed by atoms with Crippen LogP contribution in [-0.2, 0) is 4.79 Å². The molecule has 4 nitrogen and oxygen atoms in total. The Morgan fingerprint density at radius 2 is 1.85 bits per heavy atom. The van der Waals surface area contributed by atoms with E-state index in [4.69, 9.17) is 9.47 Å². The molecule has 1 N–H and O–H groups in total. The highest BCUT2D eigenvalue weighted by Gasteiger charge is 2.05. The standard InChI is InChI=1S/C22H27NO3/c1-3-4-5-9-16-26-20-14-12-18(17-21(20)25-2)13-15-22(24)23-19-10-7-6-8-11-19/h6-8,10-15,17H,3-5,9,16H2,1-2H3,(H,23,24)/b15-13+. The van der Waals surface area contributed by atoms with E-state index in [9.17, 15) is 4.79 Å². The zero-order valence-electron chi connectivity index (χ0n) is 15.5. The number of carbonyl (C=O) groups excluding carboxylic acids is 1. The summed E-state index contributed by atoms with van der Waals surface area (Å²) in [5.74, 6) is 1.23. The average Bonchev–Trinajstić information content (AvgIpc) is 2.67. The number of para-hydroxylation sites is 1. The van der Waals surface area contributed by atoms with E-state index >= 15 is 0 Å². The van der Waals surface area contributed by atoms with Crippen molar-refractivity contribution in [3.05, 3.63) is 60.2 Å². The summed E-state index contributed by atoms with van der Waals surface area (Å²) in [6, 6.07) is 15.0. The van der Waals surface area contributed by atoms with Crippen molar-refractivity contribution in [1.29, 1.82) is 0 Å². The molecule has 0 saturated carbocycles. The molecule has 0 spiro atoms. The summed E-state index contributed by atoms with van der Waals surface area (Å²) in [6.45, 7) is 2.88. The van der Waals surface area contributed by atoms with E-state index in [1.165, 1.54) is 25.3 Å². The zero-order chi connectivity index (χ0) is 18.6. The number of benzene rings is 2. The highest BCUT2D eigenvalue weighted by molar-refractivity contribution is 6.01. The van der Waals surface area contributed by atoms with Gasteiger partial charge >= 0.3 is 0 Å². The fourth-order valence-corrected chi connectivity index (χ4v) is 2.50. The molecule has 0 saturated heterocycles. The van der Waals surface area contributed by atoms with E-state index in [1.807, 2.05) is 48.5 Å². The highest BCUT2D eigenvalue weighted by Crippen LogP contribution is 2.28. The van der Waals surface area contributed by atoms with E-state index in [2.05, 4.69) is 12.2 Å². The number of unbranched alkanes of at least 4 members (excludes halogenated alkanes) is 3. The Kier molecular flexibility index (Phi) is 8.27. The van der Waals surface area contributed by atoms with Gasteiger partial charge in [-0.1, -0.05) is 50.5 Å². The van der Waals surface area contributed by atoms with Crippen molar-refractivity contribution < 1.29 is 14.3 Å². The lowest BCUT2D eigenvalue weighted by Gasteiger charge is -2.11. The second-order valence-electron chi connectivity index (χ2n) is 6.01. The Balaban J connectivity index is 1.92. The second-order valence-corrected chi connectivity index (χ2v) is 6.01. The maximum absolute atomic E-state index is 12.0. The first kappa shape index (κ1) is 19.6. The van der Waals surface area contributed by atoms with E-state index < -0.39 is 0 Å². The smallest absolute Gasteiger partial charge is 0.248 e. The predicted molar refractivity (Wildman–Crippen MR) is 107 cm³/mol. The molecule has 0 aliphatic carbocycles. The molecule has 2 rings (SSSR count). The molecule has 138 valence electrons. The summed E-state index contributed by atoms with van der Waals surface area (Å²) in [5.41, 5.74) is 1.65. The third-order valence-corrected chi connectivity index (χ3v) is 3.91. The summed E-state index contributed by atoms with van der Waals surface area (Å²) in [7, 11) is 1.62. The number of hydrogen-bond acceptors (Lipinski definition) is 3. The molecule has 2 aromatic rings. The molecule has 0 fully saturated rings. The maximum Gasteiger partial charge on any atom is 0.248 e. The number of carbonyl (C=O) groups is 1. The monoisotopic (exact) mass is 353 g/mol. The van der Waals surface area contributed by atoms with Crippen LogP contribution in [-0.4, -0.2) is 19.6 Å². The third kappa shape index (κ3) is 6.63. The van der Waals surface area contributed by atoms with Gasteiger partial charge in [0.15, 0.2) is 11.5 Å². The van der Waals surface area contributed by atoms with Crippen molar-refractivity contribution in [1.82, 2.24) is 0 Å². The highest BCUT2D eigenvalue weighted by atomic mass is 16.5. The van der Waals surface area contributed by atoms with Gasteiger partial charge in [0.1, 0.15) is 0 Å². The van der Waals surface area contributed by atoms with E-state index in [0.29, 0.717) is 12.4 Å². The van der Waals surface area contributed by atoms with Crippen molar-refractivity contribution in [3.63, 3.8) is 0 Å². The number of rotatable bonds is 10. The molecular weight excluding hydrogens is 326 g/mol. The molecular formula is C22H27NO3. The number of methoxy groups -OCH3 is 1. The van der Waals surface area contributed by atoms with Crippen LogP contribution >= 0.6 is 0 Å². The molecule has 0 aliphatic heterocycles. The van der Waals surface area contributed by atoms with Crippen molar-refractivity contribution in [3.8, 4) is 11.5 Å². The molecule has 0 aromatic heterocycles. The molecule has 0 heterocycles. The average molecular weight is 353 g/mol. The van der Waals surface area contributed by atoms with E-state index in [-0.39, 0.29) is 5.91 Å². The van der Waals surface area contributed by atoms with Gasteiger partial charge in [0.25, 0.3) is 0 Å². The summed E-state index contributed by atoms with van der Waals surface area (Å²) in [4.78, 5) is 12.0. The first-order valence-corrected chi connectivity index (χ1v) is 9.08. The molecule has 0 unspecified atom stereocenters. The molecule has 2 aromatic carbocycles. The summed E-state index contributed by atoms with van der Waals surface area (Å²) in [6.07, 6.45) is 7.92. The molecule has 26 heavy (non-hydrogen) atoms. The number of hydrogen-bond donors (Lipinski definition) is 1. The van der Waals surface area contributed by atoms with Crippen LogP contribution in [0.1, 0.15) is 38.2 Å². The number of ether oxygens (including phenoxy) is 2. The summed E-state index contributed by atoms with van der Waals surface area (Å²) >= 11 is 0. The Bertz CT molecular complexity index is 711. The summed E-state index contributed by atoms with van der Waals surface area (Å²) in [5, 5.41) is 2.82. The Labute approximate surface area is 155 Å². The molecule has 0 bridgehead atoms. The predicted octanol–water partition coefficient (Wildman–Crippen LogP) is 5.31. The van der Waals surface area contributed by atoms with Crippen LogP contribution in [0.3, 0.4) is 0 Å². The first-order valence-electron chi connectivity index (χ1n) is 9.08. The molecule has 1 amide bonds. The largest absolute Gasteiger partial charge is 0.493 e. The van der Waals surface area contributed by atoms with Crippen molar-refractivity contribution in [2.75, 3.05) is 19.0 Å². The van der Waals surface area contributed by atoms with Gasteiger partial charge in [-0.3, -0.25) is 4.79 Å². The Hall–Kier alpha value is -2.75. The van der Waals surface area contributed by atoms with Crippen molar-refractivity contribution in [2.45, 2.75) is 32.6 Å². The number of anilines is 1. The number of amides is 1. The summed E-state index contributed by atoms with van der Waals surface area (Å²) < 4.78 is 11.2. The Morgan fingerprint density at radius 1 is 1.04 bits per heavy atom. The van der Waals surface area contributed by atoms with Gasteiger partial charge in [-0.15, -0.1) is 0 Å². The quantitative estimate of drug-likeness (QED) is 0.465. The lowest BCUT2D eigenvalue weighted by molar-refractivity contribution is -0.111. The lowest BCUT2D eigenvalue weighted by Crippen LogP contribution is -2.07. The molecule has 4 heteroatoms. The molecule has 0 radical (unpaired) electrons. The first-order chi connectivity index (χ1) is 12.7. The van der Waals surface area contributed by atoms with Crippen LogP contribution in [0.25, 0.3) is 6.08 Å². The van der Waals surface area contributed by atoms with Crippen LogP contribution in [0.2, 0.25) is 0 Å². The lowest BCUT2D eigenvalue weighted by atomic mass is 10.2. The van der Waals surface area contributed by atoms with Gasteiger partial charge in [-0.25, -0.2) is 0 Å². The van der Waals surface area contributed by atoms with Crippen molar-refractivity contribution in [2.24, 2.45) is 0 Å². The van der Waals surface area contributed by atoms with Gasteiger partial charge in [0.2, 0.25) is 5.91 Å². The van der Waals surface area contributed by atoms with Crippen LogP contribution in [0.4, 0.5) is 5.69 Å². The van der Waals surface area contributed by atoms with Gasteiger partial charge in [0.05, 0.1) is 13.7 Å². The number of nitrogens with one attached hydrogen (secondary N) is 1. The fourth-order valence-electron chi connectivity index (χ4n) is 2.50. The maximum atomic E-state index is 12.0. The van der Waals surface area contributed by atoms with Gasteiger partial charge in [0, 0.05) is 11.8 Å².